The second-order valence-electron chi connectivity index (χ2n) is 5.76. The van der Waals surface area contributed by atoms with Crippen molar-refractivity contribution in [1.29, 1.82) is 0 Å². The molecule has 0 saturated carbocycles. The average Bonchev–Trinajstić information content (AvgIpc) is 2.89. The lowest BCUT2D eigenvalue weighted by Gasteiger charge is -2.13. The molecule has 0 N–H and O–H groups in total. The van der Waals surface area contributed by atoms with Gasteiger partial charge < -0.3 is 9.47 Å². The van der Waals surface area contributed by atoms with Crippen LogP contribution in [0.2, 0.25) is 0 Å². The SMILES string of the molecule is CCOc1cc(/C=C2\SC(=O)N(C)C2=O)ccc1OCc1ccccc1F. The van der Waals surface area contributed by atoms with Crippen molar-refractivity contribution in [2.75, 3.05) is 13.7 Å². The Labute approximate surface area is 160 Å². The van der Waals surface area contributed by atoms with Crippen LogP contribution in [0.4, 0.5) is 9.18 Å². The minimum Gasteiger partial charge on any atom is -0.490 e. The molecule has 1 aliphatic heterocycles. The van der Waals surface area contributed by atoms with Crippen molar-refractivity contribution in [2.45, 2.75) is 13.5 Å². The molecule has 5 nitrogen and oxygen atoms in total. The van der Waals surface area contributed by atoms with Crippen LogP contribution in [-0.2, 0) is 11.4 Å². The van der Waals surface area contributed by atoms with Crippen molar-refractivity contribution in [3.05, 3.63) is 64.3 Å². The molecule has 140 valence electrons. The normalized spacial score (nSPS) is 15.5. The predicted molar refractivity (Wildman–Crippen MR) is 102 cm³/mol. The van der Waals surface area contributed by atoms with E-state index in [1.165, 1.54) is 13.1 Å². The fraction of sp³-hybridized carbons (Fsp3) is 0.200. The van der Waals surface area contributed by atoms with Gasteiger partial charge in [0.15, 0.2) is 11.5 Å². The molecule has 0 radical (unpaired) electrons. The van der Waals surface area contributed by atoms with Crippen LogP contribution in [0.5, 0.6) is 11.5 Å². The molecule has 3 rings (SSSR count). The Kier molecular flexibility index (Phi) is 5.81. The van der Waals surface area contributed by atoms with Gasteiger partial charge in [-0.05, 0) is 48.5 Å². The van der Waals surface area contributed by atoms with Gasteiger partial charge in [0.2, 0.25) is 0 Å². The van der Waals surface area contributed by atoms with E-state index >= 15 is 0 Å². The van der Waals surface area contributed by atoms with Crippen LogP contribution in [0, 0.1) is 5.82 Å². The Bertz CT molecular complexity index is 913. The van der Waals surface area contributed by atoms with Crippen LogP contribution < -0.4 is 9.47 Å². The zero-order chi connectivity index (χ0) is 19.4. The van der Waals surface area contributed by atoms with E-state index in [9.17, 15) is 14.0 Å². The highest BCUT2D eigenvalue weighted by molar-refractivity contribution is 8.18. The van der Waals surface area contributed by atoms with Crippen LogP contribution >= 0.6 is 11.8 Å². The number of benzene rings is 2. The Hall–Kier alpha value is -2.80. The van der Waals surface area contributed by atoms with Gasteiger partial charge in [-0.3, -0.25) is 14.5 Å². The number of ether oxygens (including phenoxy) is 2. The first-order chi connectivity index (χ1) is 13.0. The maximum absolute atomic E-state index is 13.7. The van der Waals surface area contributed by atoms with Gasteiger partial charge in [-0.1, -0.05) is 24.3 Å². The number of hydrogen-bond acceptors (Lipinski definition) is 5. The molecule has 1 fully saturated rings. The fourth-order valence-corrected chi connectivity index (χ4v) is 3.30. The summed E-state index contributed by atoms with van der Waals surface area (Å²) in [6, 6.07) is 11.6. The number of carbonyl (C=O) groups is 2. The summed E-state index contributed by atoms with van der Waals surface area (Å²) in [4.78, 5) is 25.0. The Morgan fingerprint density at radius 3 is 2.56 bits per heavy atom. The van der Waals surface area contributed by atoms with Crippen LogP contribution in [0.25, 0.3) is 6.08 Å². The van der Waals surface area contributed by atoms with E-state index in [-0.39, 0.29) is 23.6 Å². The smallest absolute Gasteiger partial charge is 0.293 e. The molecule has 27 heavy (non-hydrogen) atoms. The summed E-state index contributed by atoms with van der Waals surface area (Å²) in [6.07, 6.45) is 1.64. The summed E-state index contributed by atoms with van der Waals surface area (Å²) in [7, 11) is 1.45. The largest absolute Gasteiger partial charge is 0.490 e. The Morgan fingerprint density at radius 2 is 1.89 bits per heavy atom. The van der Waals surface area contributed by atoms with Gasteiger partial charge in [-0.2, -0.15) is 0 Å². The Balaban J connectivity index is 1.81. The number of carbonyl (C=O) groups excluding carboxylic acids is 2. The zero-order valence-corrected chi connectivity index (χ0v) is 15.7. The van der Waals surface area contributed by atoms with Gasteiger partial charge >= 0.3 is 0 Å². The second-order valence-corrected chi connectivity index (χ2v) is 6.75. The number of likely N-dealkylation sites (N-methyl/N-ethyl adjacent to an activating group) is 1. The number of thioether (sulfide) groups is 1. The quantitative estimate of drug-likeness (QED) is 0.685. The molecule has 0 atom stereocenters. The first kappa shape index (κ1) is 19.0. The van der Waals surface area contributed by atoms with Crippen molar-refractivity contribution in [3.63, 3.8) is 0 Å². The van der Waals surface area contributed by atoms with E-state index in [0.717, 1.165) is 16.7 Å². The van der Waals surface area contributed by atoms with Crippen LogP contribution in [0.3, 0.4) is 0 Å². The number of amides is 2. The van der Waals surface area contributed by atoms with Gasteiger partial charge in [-0.25, -0.2) is 4.39 Å². The lowest BCUT2D eigenvalue weighted by molar-refractivity contribution is -0.121. The molecule has 2 aromatic carbocycles. The predicted octanol–water partition coefficient (Wildman–Crippen LogP) is 4.47. The number of imide groups is 1. The molecule has 0 bridgehead atoms. The minimum absolute atomic E-state index is 0.0703. The van der Waals surface area contributed by atoms with Gasteiger partial charge in [-0.15, -0.1) is 0 Å². The maximum Gasteiger partial charge on any atom is 0.293 e. The van der Waals surface area contributed by atoms with Crippen LogP contribution in [-0.4, -0.2) is 29.7 Å². The molecule has 2 aromatic rings. The molecular formula is C20H18FNO4S. The molecule has 7 heteroatoms. The number of halogens is 1. The lowest BCUT2D eigenvalue weighted by atomic mass is 10.1. The molecule has 1 aliphatic rings. The van der Waals surface area contributed by atoms with Crippen molar-refractivity contribution in [3.8, 4) is 11.5 Å². The summed E-state index contributed by atoms with van der Waals surface area (Å²) in [5.41, 5.74) is 1.15. The summed E-state index contributed by atoms with van der Waals surface area (Å²) < 4.78 is 25.1. The van der Waals surface area contributed by atoms with E-state index in [1.54, 1.807) is 42.5 Å². The fourth-order valence-electron chi connectivity index (χ4n) is 2.47. The molecule has 2 amide bonds. The number of hydrogen-bond donors (Lipinski definition) is 0. The van der Waals surface area contributed by atoms with Crippen molar-refractivity contribution >= 4 is 29.0 Å². The van der Waals surface area contributed by atoms with E-state index < -0.39 is 0 Å². The number of nitrogens with zero attached hydrogens (tertiary/aromatic N) is 1. The monoisotopic (exact) mass is 387 g/mol. The average molecular weight is 387 g/mol. The topological polar surface area (TPSA) is 55.8 Å². The van der Waals surface area contributed by atoms with Crippen molar-refractivity contribution in [1.82, 2.24) is 4.90 Å². The first-order valence-corrected chi connectivity index (χ1v) is 9.16. The molecular weight excluding hydrogens is 369 g/mol. The van der Waals surface area contributed by atoms with Crippen molar-refractivity contribution < 1.29 is 23.5 Å². The first-order valence-electron chi connectivity index (χ1n) is 8.34. The summed E-state index contributed by atoms with van der Waals surface area (Å²) in [6.45, 7) is 2.33. The van der Waals surface area contributed by atoms with Crippen molar-refractivity contribution in [2.24, 2.45) is 0 Å². The van der Waals surface area contributed by atoms with E-state index in [0.29, 0.717) is 34.1 Å². The third-order valence-electron chi connectivity index (χ3n) is 3.89. The van der Waals surface area contributed by atoms with Gasteiger partial charge in [0.1, 0.15) is 12.4 Å². The maximum atomic E-state index is 13.7. The van der Waals surface area contributed by atoms with E-state index in [1.807, 2.05) is 6.92 Å². The van der Waals surface area contributed by atoms with Gasteiger partial charge in [0.25, 0.3) is 11.1 Å². The van der Waals surface area contributed by atoms with Gasteiger partial charge in [0, 0.05) is 12.6 Å². The third-order valence-corrected chi connectivity index (χ3v) is 4.85. The highest BCUT2D eigenvalue weighted by Crippen LogP contribution is 2.34. The van der Waals surface area contributed by atoms with Crippen LogP contribution in [0.1, 0.15) is 18.1 Å². The minimum atomic E-state index is -0.331. The van der Waals surface area contributed by atoms with Gasteiger partial charge in [0.05, 0.1) is 11.5 Å². The lowest BCUT2D eigenvalue weighted by Crippen LogP contribution is -2.22. The highest BCUT2D eigenvalue weighted by Gasteiger charge is 2.31. The standard InChI is InChI=1S/C20H18FNO4S/c1-3-25-17-10-13(11-18-19(23)22(2)20(24)27-18)8-9-16(17)26-12-14-6-4-5-7-15(14)21/h4-11H,3,12H2,1-2H3/b18-11-. The molecule has 0 unspecified atom stereocenters. The zero-order valence-electron chi connectivity index (χ0n) is 14.9. The third kappa shape index (κ3) is 4.31. The summed E-state index contributed by atoms with van der Waals surface area (Å²) >= 11 is 0.894. The molecule has 0 aromatic heterocycles. The second kappa shape index (κ2) is 8.26. The number of rotatable bonds is 6. The summed E-state index contributed by atoms with van der Waals surface area (Å²) in [5.74, 6) is 0.296. The molecule has 1 saturated heterocycles. The molecule has 0 spiro atoms. The van der Waals surface area contributed by atoms with Crippen LogP contribution in [0.15, 0.2) is 47.4 Å². The molecule has 0 aliphatic carbocycles. The highest BCUT2D eigenvalue weighted by atomic mass is 32.2. The van der Waals surface area contributed by atoms with E-state index in [2.05, 4.69) is 0 Å². The summed E-state index contributed by atoms with van der Waals surface area (Å²) in [5, 5.41) is -0.305. The molecule has 1 heterocycles. The Morgan fingerprint density at radius 1 is 1.11 bits per heavy atom. The van der Waals surface area contributed by atoms with E-state index in [4.69, 9.17) is 9.47 Å².